The van der Waals surface area contributed by atoms with Gasteiger partial charge in [0.1, 0.15) is 0 Å². The van der Waals surface area contributed by atoms with E-state index in [2.05, 4.69) is 69.2 Å². The summed E-state index contributed by atoms with van der Waals surface area (Å²) in [5.74, 6) is 0. The van der Waals surface area contributed by atoms with Crippen LogP contribution >= 0.6 is 0 Å². The van der Waals surface area contributed by atoms with Crippen molar-refractivity contribution in [3.63, 3.8) is 0 Å². The first-order valence-corrected chi connectivity index (χ1v) is 9.38. The number of hydrogen-bond donors (Lipinski definition) is 0. The molecule has 0 radical (unpaired) electrons. The Kier molecular flexibility index (Phi) is 4.39. The third-order valence-corrected chi connectivity index (χ3v) is 9.46. The fourth-order valence-corrected chi connectivity index (χ4v) is 8.50. The highest BCUT2D eigenvalue weighted by molar-refractivity contribution is 6.73. The van der Waals surface area contributed by atoms with E-state index in [1.165, 1.54) is 0 Å². The molecule has 0 bridgehead atoms. The van der Waals surface area contributed by atoms with Crippen molar-refractivity contribution in [2.75, 3.05) is 0 Å². The van der Waals surface area contributed by atoms with Crippen LogP contribution in [-0.2, 0) is 8.85 Å². The van der Waals surface area contributed by atoms with Gasteiger partial charge in [-0.2, -0.15) is 0 Å². The normalized spacial score (nSPS) is 29.4. The second-order valence-corrected chi connectivity index (χ2v) is 14.0. The van der Waals surface area contributed by atoms with Gasteiger partial charge in [0.05, 0.1) is 6.10 Å². The predicted octanol–water partition coefficient (Wildman–Crippen LogP) is 5.27. The molecule has 114 valence electrons. The summed E-state index contributed by atoms with van der Waals surface area (Å²) in [7, 11) is -2.32. The third-order valence-electron chi connectivity index (χ3n) is 4.16. The lowest BCUT2D eigenvalue weighted by molar-refractivity contribution is -0.0599. The van der Waals surface area contributed by atoms with E-state index >= 15 is 0 Å². The van der Waals surface area contributed by atoms with Crippen molar-refractivity contribution < 1.29 is 8.85 Å². The Balaban J connectivity index is 3.25. The van der Waals surface area contributed by atoms with E-state index < -0.39 is 8.56 Å². The summed E-state index contributed by atoms with van der Waals surface area (Å²) < 4.78 is 13.3. The molecule has 1 aliphatic rings. The lowest BCUT2D eigenvalue weighted by Crippen LogP contribution is -2.64. The number of hydrogen-bond acceptors (Lipinski definition) is 2. The van der Waals surface area contributed by atoms with E-state index in [9.17, 15) is 0 Å². The van der Waals surface area contributed by atoms with Gasteiger partial charge in [-0.15, -0.1) is 0 Å². The van der Waals surface area contributed by atoms with E-state index in [-0.39, 0.29) is 15.5 Å². The van der Waals surface area contributed by atoms with Crippen molar-refractivity contribution in [1.82, 2.24) is 0 Å². The molecule has 3 heteroatoms. The van der Waals surface area contributed by atoms with E-state index in [0.29, 0.717) is 12.2 Å². The van der Waals surface area contributed by atoms with Crippen molar-refractivity contribution in [3.05, 3.63) is 0 Å². The molecule has 1 heterocycles. The van der Waals surface area contributed by atoms with Crippen LogP contribution in [0.2, 0.25) is 10.1 Å². The van der Waals surface area contributed by atoms with Crippen molar-refractivity contribution in [2.45, 2.75) is 97.9 Å². The van der Waals surface area contributed by atoms with Crippen molar-refractivity contribution in [1.29, 1.82) is 0 Å². The molecular weight excluding hydrogens is 252 g/mol. The zero-order valence-electron chi connectivity index (χ0n) is 14.7. The molecule has 2 atom stereocenters. The smallest absolute Gasteiger partial charge is 0.349 e. The molecule has 0 aromatic rings. The molecule has 0 aromatic heterocycles. The zero-order chi connectivity index (χ0) is 15.3. The first-order chi connectivity index (χ1) is 8.21. The lowest BCUT2D eigenvalue weighted by Gasteiger charge is -2.56. The summed E-state index contributed by atoms with van der Waals surface area (Å²) in [4.78, 5) is 0. The summed E-state index contributed by atoms with van der Waals surface area (Å²) in [6, 6.07) is 0. The number of rotatable bonds is 0. The highest BCUT2D eigenvalue weighted by Crippen LogP contribution is 2.56. The van der Waals surface area contributed by atoms with Crippen LogP contribution in [0.1, 0.15) is 75.7 Å². The van der Waals surface area contributed by atoms with Gasteiger partial charge in [0, 0.05) is 16.2 Å². The van der Waals surface area contributed by atoms with Crippen molar-refractivity contribution >= 4 is 8.56 Å². The van der Waals surface area contributed by atoms with E-state index in [0.717, 1.165) is 6.42 Å². The molecule has 0 saturated carbocycles. The van der Waals surface area contributed by atoms with Crippen LogP contribution in [0.3, 0.4) is 0 Å². The molecular formula is C16H34O2Si. The van der Waals surface area contributed by atoms with Crippen molar-refractivity contribution in [2.24, 2.45) is 5.41 Å². The lowest BCUT2D eigenvalue weighted by atomic mass is 9.86. The van der Waals surface area contributed by atoms with Gasteiger partial charge in [0.2, 0.25) is 0 Å². The molecule has 0 spiro atoms. The first kappa shape index (κ1) is 17.2. The van der Waals surface area contributed by atoms with Crippen LogP contribution in [-0.4, -0.2) is 20.8 Å². The average Bonchev–Trinajstić information content (AvgIpc) is 2.11. The third kappa shape index (κ3) is 3.25. The van der Waals surface area contributed by atoms with Gasteiger partial charge in [-0.05, 0) is 18.8 Å². The van der Waals surface area contributed by atoms with Crippen LogP contribution in [0.15, 0.2) is 0 Å². The molecule has 2 nitrogen and oxygen atoms in total. The van der Waals surface area contributed by atoms with E-state index in [4.69, 9.17) is 8.85 Å². The quantitative estimate of drug-likeness (QED) is 0.565. The largest absolute Gasteiger partial charge is 0.391 e. The Morgan fingerprint density at radius 1 is 0.789 bits per heavy atom. The van der Waals surface area contributed by atoms with Crippen LogP contribution < -0.4 is 0 Å². The minimum atomic E-state index is -2.32. The summed E-state index contributed by atoms with van der Waals surface area (Å²) in [5.41, 5.74) is 0.173. The van der Waals surface area contributed by atoms with Crippen LogP contribution in [0.4, 0.5) is 0 Å². The fraction of sp³-hybridized carbons (Fsp3) is 1.00. The van der Waals surface area contributed by atoms with Crippen LogP contribution in [0.25, 0.3) is 0 Å². The summed E-state index contributed by atoms with van der Waals surface area (Å²) in [6.45, 7) is 22.7. The highest BCUT2D eigenvalue weighted by atomic mass is 28.4. The van der Waals surface area contributed by atoms with Gasteiger partial charge in [-0.3, -0.25) is 0 Å². The van der Waals surface area contributed by atoms with Crippen LogP contribution in [0.5, 0.6) is 0 Å². The molecule has 1 saturated heterocycles. The highest BCUT2D eigenvalue weighted by Gasteiger charge is 2.62. The second kappa shape index (κ2) is 4.85. The predicted molar refractivity (Wildman–Crippen MR) is 84.7 cm³/mol. The zero-order valence-corrected chi connectivity index (χ0v) is 15.7. The van der Waals surface area contributed by atoms with Gasteiger partial charge in [-0.1, -0.05) is 62.3 Å². The monoisotopic (exact) mass is 286 g/mol. The molecule has 0 aliphatic carbocycles. The molecule has 19 heavy (non-hydrogen) atoms. The molecule has 1 fully saturated rings. The molecule has 0 aromatic carbocycles. The van der Waals surface area contributed by atoms with E-state index in [1.54, 1.807) is 0 Å². The topological polar surface area (TPSA) is 18.5 Å². The maximum absolute atomic E-state index is 6.75. The summed E-state index contributed by atoms with van der Waals surface area (Å²) in [6.07, 6.45) is 1.59. The fourth-order valence-electron chi connectivity index (χ4n) is 3.27. The second-order valence-electron chi connectivity index (χ2n) is 9.25. The minimum absolute atomic E-state index is 0.0728. The molecule has 0 unspecified atom stereocenters. The Bertz CT molecular complexity index is 303. The molecule has 1 aliphatic heterocycles. The van der Waals surface area contributed by atoms with Gasteiger partial charge in [-0.25, -0.2) is 0 Å². The van der Waals surface area contributed by atoms with Crippen LogP contribution in [0, 0.1) is 5.41 Å². The summed E-state index contributed by atoms with van der Waals surface area (Å²) in [5, 5.41) is 0.146. The Morgan fingerprint density at radius 2 is 1.21 bits per heavy atom. The summed E-state index contributed by atoms with van der Waals surface area (Å²) >= 11 is 0. The Labute approximate surface area is 121 Å². The maximum atomic E-state index is 6.75. The van der Waals surface area contributed by atoms with Gasteiger partial charge < -0.3 is 8.85 Å². The molecule has 0 amide bonds. The Morgan fingerprint density at radius 3 is 1.53 bits per heavy atom. The van der Waals surface area contributed by atoms with Gasteiger partial charge >= 0.3 is 8.56 Å². The SMILES string of the molecule is C[C@H]1C[C@@H](C(C)(C)C)O[Si](C(C)(C)C)(C(C)(C)C)O1. The van der Waals surface area contributed by atoms with Gasteiger partial charge in [0.25, 0.3) is 0 Å². The standard InChI is InChI=1S/C16H34O2Si/c1-12-11-13(14(2,3)4)18-19(17-12,15(5,6)7)16(8,9)10/h12-13H,11H2,1-10H3/t12-,13-/m0/s1. The Hall–Kier alpha value is 0.137. The minimum Gasteiger partial charge on any atom is -0.391 e. The van der Waals surface area contributed by atoms with Gasteiger partial charge in [0.15, 0.2) is 0 Å². The first-order valence-electron chi connectivity index (χ1n) is 7.56. The maximum Gasteiger partial charge on any atom is 0.349 e. The van der Waals surface area contributed by atoms with E-state index in [1.807, 2.05) is 0 Å². The molecule has 0 N–H and O–H groups in total. The average molecular weight is 287 g/mol. The van der Waals surface area contributed by atoms with Crippen molar-refractivity contribution in [3.8, 4) is 0 Å². The molecule has 1 rings (SSSR count).